The predicted molar refractivity (Wildman–Crippen MR) is 62.4 cm³/mol. The Morgan fingerprint density at radius 1 is 1.33 bits per heavy atom. The van der Waals surface area contributed by atoms with E-state index in [9.17, 15) is 4.39 Å². The fourth-order valence-electron chi connectivity index (χ4n) is 1.58. The lowest BCUT2D eigenvalue weighted by atomic mass is 10.1. The van der Waals surface area contributed by atoms with Crippen LogP contribution in [0.1, 0.15) is 11.4 Å². The number of pyridine rings is 1. The van der Waals surface area contributed by atoms with Crippen molar-refractivity contribution in [3.63, 3.8) is 0 Å². The SMILES string of the molecule is COc1cc(-c2ncc(CO)nc2C)c(F)cn1. The van der Waals surface area contributed by atoms with Crippen molar-refractivity contribution >= 4 is 0 Å². The summed E-state index contributed by atoms with van der Waals surface area (Å²) in [6.45, 7) is 1.50. The molecule has 6 heteroatoms. The van der Waals surface area contributed by atoms with Gasteiger partial charge in [0.2, 0.25) is 5.88 Å². The fourth-order valence-corrected chi connectivity index (χ4v) is 1.58. The largest absolute Gasteiger partial charge is 0.481 e. The second kappa shape index (κ2) is 5.05. The first-order valence-electron chi connectivity index (χ1n) is 5.29. The molecule has 0 aliphatic carbocycles. The fraction of sp³-hybridized carbons (Fsp3) is 0.250. The van der Waals surface area contributed by atoms with Gasteiger partial charge >= 0.3 is 0 Å². The highest BCUT2D eigenvalue weighted by Gasteiger charge is 2.13. The van der Waals surface area contributed by atoms with E-state index in [2.05, 4.69) is 15.0 Å². The van der Waals surface area contributed by atoms with Crippen LogP contribution in [0.2, 0.25) is 0 Å². The molecule has 0 fully saturated rings. The maximum absolute atomic E-state index is 13.7. The molecule has 0 atom stereocenters. The smallest absolute Gasteiger partial charge is 0.213 e. The Morgan fingerprint density at radius 2 is 2.11 bits per heavy atom. The van der Waals surface area contributed by atoms with Gasteiger partial charge in [0, 0.05) is 11.6 Å². The highest BCUT2D eigenvalue weighted by Crippen LogP contribution is 2.25. The van der Waals surface area contributed by atoms with Gasteiger partial charge in [-0.15, -0.1) is 0 Å². The molecular weight excluding hydrogens is 237 g/mol. The highest BCUT2D eigenvalue weighted by molar-refractivity contribution is 5.62. The van der Waals surface area contributed by atoms with Crippen LogP contribution in [0.4, 0.5) is 4.39 Å². The third-order valence-corrected chi connectivity index (χ3v) is 2.45. The molecule has 2 rings (SSSR count). The van der Waals surface area contributed by atoms with Gasteiger partial charge in [0.1, 0.15) is 0 Å². The zero-order valence-electron chi connectivity index (χ0n) is 10.0. The standard InChI is InChI=1S/C12H12FN3O2/c1-7-12(15-4-8(6-17)16-7)9-3-11(18-2)14-5-10(9)13/h3-5,17H,6H2,1-2H3. The van der Waals surface area contributed by atoms with Crippen molar-refractivity contribution in [3.8, 4) is 17.1 Å². The summed E-state index contributed by atoms with van der Waals surface area (Å²) in [5.74, 6) is -0.191. The lowest BCUT2D eigenvalue weighted by Crippen LogP contribution is -2.00. The van der Waals surface area contributed by atoms with Crippen molar-refractivity contribution in [1.29, 1.82) is 0 Å². The molecule has 2 heterocycles. The Bertz CT molecular complexity index is 575. The maximum Gasteiger partial charge on any atom is 0.213 e. The summed E-state index contributed by atoms with van der Waals surface area (Å²) in [5, 5.41) is 8.95. The second-order valence-electron chi connectivity index (χ2n) is 3.66. The van der Waals surface area contributed by atoms with E-state index in [1.165, 1.54) is 19.4 Å². The van der Waals surface area contributed by atoms with E-state index in [4.69, 9.17) is 9.84 Å². The average Bonchev–Trinajstić information content (AvgIpc) is 2.39. The van der Waals surface area contributed by atoms with Gasteiger partial charge in [-0.3, -0.25) is 9.97 Å². The first-order valence-corrected chi connectivity index (χ1v) is 5.29. The summed E-state index contributed by atoms with van der Waals surface area (Å²) in [5.41, 5.74) is 1.66. The number of aryl methyl sites for hydroxylation is 1. The van der Waals surface area contributed by atoms with Gasteiger partial charge in [0.15, 0.2) is 5.82 Å². The minimum Gasteiger partial charge on any atom is -0.481 e. The van der Waals surface area contributed by atoms with E-state index in [0.29, 0.717) is 23.0 Å². The molecule has 0 aliphatic rings. The number of hydrogen-bond acceptors (Lipinski definition) is 5. The minimum absolute atomic E-state index is 0.198. The number of methoxy groups -OCH3 is 1. The van der Waals surface area contributed by atoms with E-state index >= 15 is 0 Å². The number of aliphatic hydroxyl groups excluding tert-OH is 1. The molecule has 0 saturated heterocycles. The molecule has 2 aromatic heterocycles. The Balaban J connectivity index is 2.54. The lowest BCUT2D eigenvalue weighted by Gasteiger charge is -2.08. The van der Waals surface area contributed by atoms with Gasteiger partial charge in [-0.05, 0) is 6.92 Å². The number of rotatable bonds is 3. The van der Waals surface area contributed by atoms with Gasteiger partial charge < -0.3 is 9.84 Å². The Morgan fingerprint density at radius 3 is 2.72 bits per heavy atom. The van der Waals surface area contributed by atoms with Crippen LogP contribution in [0.25, 0.3) is 11.3 Å². The van der Waals surface area contributed by atoms with E-state index < -0.39 is 5.82 Å². The summed E-state index contributed by atoms with van der Waals surface area (Å²) in [6.07, 6.45) is 2.49. The summed E-state index contributed by atoms with van der Waals surface area (Å²) in [6, 6.07) is 1.46. The average molecular weight is 249 g/mol. The molecule has 1 N–H and O–H groups in total. The molecule has 0 aliphatic heterocycles. The molecule has 0 saturated carbocycles. The van der Waals surface area contributed by atoms with E-state index in [1.54, 1.807) is 6.92 Å². The molecule has 18 heavy (non-hydrogen) atoms. The molecule has 2 aromatic rings. The Hall–Kier alpha value is -2.08. The number of hydrogen-bond donors (Lipinski definition) is 1. The summed E-state index contributed by atoms with van der Waals surface area (Å²) < 4.78 is 18.7. The van der Waals surface area contributed by atoms with Crippen LogP contribution in [0, 0.1) is 12.7 Å². The van der Waals surface area contributed by atoms with Gasteiger partial charge in [-0.2, -0.15) is 0 Å². The predicted octanol–water partition coefficient (Wildman–Crippen LogP) is 1.49. The maximum atomic E-state index is 13.7. The summed E-state index contributed by atoms with van der Waals surface area (Å²) in [4.78, 5) is 12.0. The van der Waals surface area contributed by atoms with Gasteiger partial charge in [-0.25, -0.2) is 9.37 Å². The first kappa shape index (κ1) is 12.4. The van der Waals surface area contributed by atoms with Crippen molar-refractivity contribution in [2.45, 2.75) is 13.5 Å². The Labute approximate surface area is 103 Å². The Kier molecular flexibility index (Phi) is 3.47. The highest BCUT2D eigenvalue weighted by atomic mass is 19.1. The number of halogens is 1. The van der Waals surface area contributed by atoms with Gasteiger partial charge in [0.05, 0.1) is 43.2 Å². The minimum atomic E-state index is -0.495. The summed E-state index contributed by atoms with van der Waals surface area (Å²) >= 11 is 0. The van der Waals surface area contributed by atoms with Crippen LogP contribution in [0.5, 0.6) is 5.88 Å². The van der Waals surface area contributed by atoms with Crippen LogP contribution < -0.4 is 4.74 Å². The second-order valence-corrected chi connectivity index (χ2v) is 3.66. The van der Waals surface area contributed by atoms with Crippen molar-refractivity contribution in [3.05, 3.63) is 35.7 Å². The van der Waals surface area contributed by atoms with E-state index in [0.717, 1.165) is 6.20 Å². The van der Waals surface area contributed by atoms with Crippen LogP contribution in [-0.2, 0) is 6.61 Å². The van der Waals surface area contributed by atoms with Crippen LogP contribution in [0.3, 0.4) is 0 Å². The number of nitrogens with zero attached hydrogens (tertiary/aromatic N) is 3. The molecule has 0 aromatic carbocycles. The number of ether oxygens (including phenoxy) is 1. The van der Waals surface area contributed by atoms with Crippen LogP contribution in [0.15, 0.2) is 18.5 Å². The zero-order chi connectivity index (χ0) is 13.1. The quantitative estimate of drug-likeness (QED) is 0.892. The molecule has 0 unspecified atom stereocenters. The normalized spacial score (nSPS) is 10.4. The molecule has 0 radical (unpaired) electrons. The van der Waals surface area contributed by atoms with Crippen molar-refractivity contribution < 1.29 is 14.2 Å². The molecule has 0 bridgehead atoms. The van der Waals surface area contributed by atoms with Crippen molar-refractivity contribution in [2.75, 3.05) is 7.11 Å². The van der Waals surface area contributed by atoms with Gasteiger partial charge in [0.25, 0.3) is 0 Å². The number of aromatic nitrogens is 3. The third-order valence-electron chi connectivity index (χ3n) is 2.45. The van der Waals surface area contributed by atoms with Crippen molar-refractivity contribution in [1.82, 2.24) is 15.0 Å². The van der Waals surface area contributed by atoms with Crippen LogP contribution in [-0.4, -0.2) is 27.2 Å². The molecule has 94 valence electrons. The molecule has 5 nitrogen and oxygen atoms in total. The lowest BCUT2D eigenvalue weighted by molar-refractivity contribution is 0.276. The molecular formula is C12H12FN3O2. The number of aliphatic hydroxyl groups is 1. The van der Waals surface area contributed by atoms with E-state index in [-0.39, 0.29) is 12.2 Å². The zero-order valence-corrected chi connectivity index (χ0v) is 10.0. The van der Waals surface area contributed by atoms with Gasteiger partial charge in [-0.1, -0.05) is 0 Å². The molecule has 0 spiro atoms. The van der Waals surface area contributed by atoms with Crippen molar-refractivity contribution in [2.24, 2.45) is 0 Å². The molecule has 0 amide bonds. The van der Waals surface area contributed by atoms with Crippen LogP contribution >= 0.6 is 0 Å². The summed E-state index contributed by atoms with van der Waals surface area (Å²) in [7, 11) is 1.46. The topological polar surface area (TPSA) is 68.1 Å². The first-order chi connectivity index (χ1) is 8.65. The monoisotopic (exact) mass is 249 g/mol. The third kappa shape index (κ3) is 2.28. The van der Waals surface area contributed by atoms with E-state index in [1.807, 2.05) is 0 Å².